The molecule has 1 nitrogen and oxygen atoms in total. The molecule has 0 aromatic heterocycles. The first kappa shape index (κ1) is 15.8. The number of alkyl halides is 2. The Labute approximate surface area is 124 Å². The quantitative estimate of drug-likeness (QED) is 0.397. The van der Waals surface area contributed by atoms with Gasteiger partial charge >= 0.3 is 0 Å². The molecule has 1 unspecified atom stereocenters. The molecule has 0 aromatic carbocycles. The molecule has 0 spiro atoms. The van der Waals surface area contributed by atoms with Gasteiger partial charge in [0.1, 0.15) is 0 Å². The zero-order valence-corrected chi connectivity index (χ0v) is 13.0. The van der Waals surface area contributed by atoms with Crippen LogP contribution in [-0.4, -0.2) is 22.4 Å². The summed E-state index contributed by atoms with van der Waals surface area (Å²) in [7, 11) is 0. The molecule has 0 aromatic rings. The van der Waals surface area contributed by atoms with Crippen LogP contribution in [0.15, 0.2) is 24.3 Å². The fraction of sp³-hybridized carbons (Fsp3) is 0.600. The predicted octanol–water partition coefficient (Wildman–Crippen LogP) is 4.45. The van der Waals surface area contributed by atoms with Gasteiger partial charge in [0, 0.05) is 4.83 Å². The summed E-state index contributed by atoms with van der Waals surface area (Å²) in [6, 6.07) is 0. The summed E-state index contributed by atoms with van der Waals surface area (Å²) in [5.74, 6) is 2.47. The molecule has 0 N–H and O–H groups in total. The fourth-order valence-corrected chi connectivity index (χ4v) is 2.98. The van der Waals surface area contributed by atoms with Crippen molar-refractivity contribution in [3.8, 4) is 12.3 Å². The highest BCUT2D eigenvalue weighted by Crippen LogP contribution is 2.32. The highest BCUT2D eigenvalue weighted by Gasteiger charge is 2.35. The van der Waals surface area contributed by atoms with Crippen molar-refractivity contribution >= 4 is 27.5 Å². The van der Waals surface area contributed by atoms with E-state index in [1.54, 1.807) is 6.08 Å². The molecule has 1 fully saturated rings. The van der Waals surface area contributed by atoms with Crippen LogP contribution >= 0.6 is 27.5 Å². The Balaban J connectivity index is 2.27. The minimum Gasteiger partial charge on any atom is -0.372 e. The number of hydrogen-bond donors (Lipinski definition) is 0. The van der Waals surface area contributed by atoms with Gasteiger partial charge in [0.25, 0.3) is 0 Å². The van der Waals surface area contributed by atoms with E-state index in [9.17, 15) is 0 Å². The second-order valence-corrected chi connectivity index (χ2v) is 6.14. The summed E-state index contributed by atoms with van der Waals surface area (Å²) in [5.41, 5.74) is 0. The van der Waals surface area contributed by atoms with Gasteiger partial charge in [-0.05, 0) is 31.8 Å². The Kier molecular flexibility index (Phi) is 7.74. The molecule has 1 aliphatic heterocycles. The zero-order valence-electron chi connectivity index (χ0n) is 10.7. The van der Waals surface area contributed by atoms with Gasteiger partial charge in [0.2, 0.25) is 0 Å². The predicted molar refractivity (Wildman–Crippen MR) is 82.3 cm³/mol. The van der Waals surface area contributed by atoms with Gasteiger partial charge in [-0.15, -0.1) is 18.0 Å². The van der Waals surface area contributed by atoms with Crippen molar-refractivity contribution < 1.29 is 4.74 Å². The summed E-state index contributed by atoms with van der Waals surface area (Å²) in [6.07, 6.45) is 17.3. The normalized spacial score (nSPS) is 30.0. The Morgan fingerprint density at radius 1 is 1.50 bits per heavy atom. The molecule has 1 saturated heterocycles. The maximum atomic E-state index is 6.24. The van der Waals surface area contributed by atoms with Gasteiger partial charge in [-0.1, -0.05) is 47.0 Å². The second kappa shape index (κ2) is 8.80. The summed E-state index contributed by atoms with van der Waals surface area (Å²) in [5, 5.41) is 0.155. The molecule has 1 heterocycles. The molecule has 1 rings (SSSR count). The lowest BCUT2D eigenvalue weighted by atomic mass is 10.1. The maximum Gasteiger partial charge on any atom is 0.0741 e. The topological polar surface area (TPSA) is 9.23 Å². The van der Waals surface area contributed by atoms with Gasteiger partial charge in [0.05, 0.1) is 17.6 Å². The maximum absolute atomic E-state index is 6.24. The zero-order chi connectivity index (χ0) is 13.4. The number of halogens is 2. The Morgan fingerprint density at radius 3 is 2.89 bits per heavy atom. The van der Waals surface area contributed by atoms with Crippen LogP contribution in [0.25, 0.3) is 0 Å². The molecule has 18 heavy (non-hydrogen) atoms. The fourth-order valence-electron chi connectivity index (χ4n) is 2.01. The highest BCUT2D eigenvalue weighted by molar-refractivity contribution is 9.09. The lowest BCUT2D eigenvalue weighted by Gasteiger charge is -2.16. The first-order chi connectivity index (χ1) is 8.69. The van der Waals surface area contributed by atoms with E-state index in [-0.39, 0.29) is 17.6 Å². The Morgan fingerprint density at radius 2 is 2.28 bits per heavy atom. The number of allylic oxidation sites excluding steroid dienone is 4. The van der Waals surface area contributed by atoms with E-state index in [1.807, 2.05) is 6.08 Å². The Bertz CT molecular complexity index is 332. The van der Waals surface area contributed by atoms with Crippen molar-refractivity contribution in [2.24, 2.45) is 0 Å². The molecule has 0 aliphatic carbocycles. The standard InChI is InChI=1S/C15H20BrClO/c1-3-5-6-7-8-9-10-12(16)15-11-13(17)14(4-2)18-15/h1,5-6,8-9,12-15H,4,7,10-11H2,2H3/b6-5-,9-8-/t12?,13-,14-,15-/m0/s1. The van der Waals surface area contributed by atoms with E-state index in [2.05, 4.69) is 40.9 Å². The molecule has 0 bridgehead atoms. The van der Waals surface area contributed by atoms with Gasteiger partial charge in [-0.3, -0.25) is 0 Å². The van der Waals surface area contributed by atoms with Crippen molar-refractivity contribution in [2.75, 3.05) is 0 Å². The van der Waals surface area contributed by atoms with Crippen LogP contribution in [0.4, 0.5) is 0 Å². The van der Waals surface area contributed by atoms with E-state index in [0.717, 1.165) is 25.7 Å². The van der Waals surface area contributed by atoms with Crippen molar-refractivity contribution in [1.82, 2.24) is 0 Å². The van der Waals surface area contributed by atoms with E-state index in [0.29, 0.717) is 4.83 Å². The molecule has 3 heteroatoms. The average Bonchev–Trinajstić information content (AvgIpc) is 2.74. The molecule has 1 aliphatic rings. The van der Waals surface area contributed by atoms with Crippen LogP contribution in [0.5, 0.6) is 0 Å². The van der Waals surface area contributed by atoms with Gasteiger partial charge in [0.15, 0.2) is 0 Å². The van der Waals surface area contributed by atoms with E-state index in [4.69, 9.17) is 22.8 Å². The van der Waals surface area contributed by atoms with Crippen molar-refractivity contribution in [2.45, 2.75) is 55.0 Å². The second-order valence-electron chi connectivity index (χ2n) is 4.40. The molecule has 0 saturated carbocycles. The molecule has 100 valence electrons. The first-order valence-corrected chi connectivity index (χ1v) is 7.74. The average molecular weight is 332 g/mol. The molecule has 0 radical (unpaired) electrons. The summed E-state index contributed by atoms with van der Waals surface area (Å²) in [6.45, 7) is 2.11. The summed E-state index contributed by atoms with van der Waals surface area (Å²) in [4.78, 5) is 0.336. The highest BCUT2D eigenvalue weighted by atomic mass is 79.9. The smallest absolute Gasteiger partial charge is 0.0741 e. The van der Waals surface area contributed by atoms with E-state index in [1.165, 1.54) is 0 Å². The largest absolute Gasteiger partial charge is 0.372 e. The molecule has 0 amide bonds. The van der Waals surface area contributed by atoms with Crippen LogP contribution in [-0.2, 0) is 4.74 Å². The third-order valence-electron chi connectivity index (χ3n) is 3.03. The third-order valence-corrected chi connectivity index (χ3v) is 4.45. The number of rotatable bonds is 6. The van der Waals surface area contributed by atoms with E-state index >= 15 is 0 Å². The number of terminal acetylenes is 1. The Hall–Kier alpha value is -0.230. The van der Waals surface area contributed by atoms with Gasteiger partial charge in [-0.2, -0.15) is 0 Å². The molecular formula is C15H20BrClO. The van der Waals surface area contributed by atoms with Gasteiger partial charge in [-0.25, -0.2) is 0 Å². The minimum absolute atomic E-state index is 0.155. The van der Waals surface area contributed by atoms with Crippen molar-refractivity contribution in [1.29, 1.82) is 0 Å². The van der Waals surface area contributed by atoms with Gasteiger partial charge < -0.3 is 4.74 Å². The third kappa shape index (κ3) is 5.18. The number of ether oxygens (including phenoxy) is 1. The minimum atomic E-state index is 0.155. The number of hydrogen-bond acceptors (Lipinski definition) is 1. The van der Waals surface area contributed by atoms with Crippen LogP contribution in [0.2, 0.25) is 0 Å². The van der Waals surface area contributed by atoms with E-state index < -0.39 is 0 Å². The lowest BCUT2D eigenvalue weighted by molar-refractivity contribution is 0.0444. The monoisotopic (exact) mass is 330 g/mol. The van der Waals surface area contributed by atoms with Crippen LogP contribution < -0.4 is 0 Å². The first-order valence-electron chi connectivity index (χ1n) is 6.38. The summed E-state index contributed by atoms with van der Waals surface area (Å²) < 4.78 is 5.93. The van der Waals surface area contributed by atoms with Crippen molar-refractivity contribution in [3.05, 3.63) is 24.3 Å². The summed E-state index contributed by atoms with van der Waals surface area (Å²) >= 11 is 9.93. The lowest BCUT2D eigenvalue weighted by Crippen LogP contribution is -2.20. The molecular weight excluding hydrogens is 312 g/mol. The SMILES string of the molecule is C#C/C=C\C/C=C\CC(Br)[C@@H]1C[C@H](Cl)[C@H](CC)O1. The van der Waals surface area contributed by atoms with Crippen LogP contribution in [0.1, 0.15) is 32.6 Å². The van der Waals surface area contributed by atoms with Crippen LogP contribution in [0, 0.1) is 12.3 Å². The van der Waals surface area contributed by atoms with Crippen LogP contribution in [0.3, 0.4) is 0 Å². The molecule has 4 atom stereocenters. The van der Waals surface area contributed by atoms with Crippen molar-refractivity contribution in [3.63, 3.8) is 0 Å².